The molecule has 0 aliphatic carbocycles. The Morgan fingerprint density at radius 1 is 1.04 bits per heavy atom. The number of ether oxygens (including phenoxy) is 1. The van der Waals surface area contributed by atoms with Crippen molar-refractivity contribution in [3.8, 4) is 5.88 Å². The molecule has 1 saturated heterocycles. The number of piperazine rings is 1. The molecular formula is C18H19N5O2. The van der Waals surface area contributed by atoms with Crippen LogP contribution in [-0.2, 0) is 0 Å². The summed E-state index contributed by atoms with van der Waals surface area (Å²) in [6, 6.07) is 13.8. The van der Waals surface area contributed by atoms with E-state index in [4.69, 9.17) is 4.74 Å². The van der Waals surface area contributed by atoms with Gasteiger partial charge in [-0.2, -0.15) is 0 Å². The van der Waals surface area contributed by atoms with Crippen LogP contribution in [0, 0.1) is 0 Å². The lowest BCUT2D eigenvalue weighted by molar-refractivity contribution is 0.0741. The van der Waals surface area contributed by atoms with Gasteiger partial charge in [-0.05, 0) is 18.2 Å². The molecule has 7 heteroatoms. The minimum atomic E-state index is -0.0582. The first kappa shape index (κ1) is 15.4. The van der Waals surface area contributed by atoms with Crippen molar-refractivity contribution in [1.82, 2.24) is 19.5 Å². The second kappa shape index (κ2) is 6.43. The zero-order chi connectivity index (χ0) is 17.2. The van der Waals surface area contributed by atoms with Gasteiger partial charge in [0.15, 0.2) is 5.65 Å². The van der Waals surface area contributed by atoms with Crippen molar-refractivity contribution >= 4 is 17.2 Å². The van der Waals surface area contributed by atoms with E-state index in [0.29, 0.717) is 30.3 Å². The van der Waals surface area contributed by atoms with Crippen LogP contribution in [0.25, 0.3) is 5.65 Å². The van der Waals surface area contributed by atoms with Crippen LogP contribution in [0.3, 0.4) is 0 Å². The van der Waals surface area contributed by atoms with Crippen LogP contribution in [-0.4, -0.2) is 58.7 Å². The van der Waals surface area contributed by atoms with Gasteiger partial charge in [-0.25, -0.2) is 9.50 Å². The van der Waals surface area contributed by atoms with E-state index in [0.717, 1.165) is 13.1 Å². The average molecular weight is 337 g/mol. The molecule has 3 heterocycles. The zero-order valence-corrected chi connectivity index (χ0v) is 14.0. The van der Waals surface area contributed by atoms with Gasteiger partial charge in [-0.1, -0.05) is 18.2 Å². The van der Waals surface area contributed by atoms with Gasteiger partial charge in [0.2, 0.25) is 5.88 Å². The maximum absolute atomic E-state index is 12.7. The van der Waals surface area contributed by atoms with Crippen LogP contribution >= 0.6 is 0 Å². The Bertz CT molecular complexity index is 885. The minimum Gasteiger partial charge on any atom is -0.480 e. The molecule has 1 fully saturated rings. The first-order valence-electron chi connectivity index (χ1n) is 8.24. The molecule has 0 spiro atoms. The lowest BCUT2D eigenvalue weighted by atomic mass is 10.2. The smallest absolute Gasteiger partial charge is 0.274 e. The summed E-state index contributed by atoms with van der Waals surface area (Å²) in [5, 5.41) is 4.25. The molecule has 0 N–H and O–H groups in total. The van der Waals surface area contributed by atoms with Crippen LogP contribution in [0.4, 0.5) is 5.69 Å². The molecule has 1 amide bonds. The molecule has 0 bridgehead atoms. The number of carbonyl (C=O) groups is 1. The highest BCUT2D eigenvalue weighted by Crippen LogP contribution is 2.17. The maximum Gasteiger partial charge on any atom is 0.274 e. The Morgan fingerprint density at radius 2 is 1.80 bits per heavy atom. The molecule has 7 nitrogen and oxygen atoms in total. The fraction of sp³-hybridized carbons (Fsp3) is 0.278. The lowest BCUT2D eigenvalue weighted by Crippen LogP contribution is -2.48. The van der Waals surface area contributed by atoms with Gasteiger partial charge in [-0.3, -0.25) is 4.79 Å². The average Bonchev–Trinajstić information content (AvgIpc) is 3.11. The first-order valence-corrected chi connectivity index (χ1v) is 8.24. The summed E-state index contributed by atoms with van der Waals surface area (Å²) in [5.74, 6) is 0.428. The van der Waals surface area contributed by atoms with E-state index >= 15 is 0 Å². The van der Waals surface area contributed by atoms with Crippen molar-refractivity contribution in [2.75, 3.05) is 38.2 Å². The molecular weight excluding hydrogens is 318 g/mol. The Balaban J connectivity index is 1.47. The van der Waals surface area contributed by atoms with Gasteiger partial charge in [0, 0.05) is 37.9 Å². The number of fused-ring (bicyclic) bond motifs is 1. The highest BCUT2D eigenvalue weighted by atomic mass is 16.5. The number of benzene rings is 1. The third-order valence-corrected chi connectivity index (χ3v) is 4.41. The Kier molecular flexibility index (Phi) is 3.97. The normalized spacial score (nSPS) is 14.8. The van der Waals surface area contributed by atoms with Crippen LogP contribution in [0.5, 0.6) is 5.88 Å². The summed E-state index contributed by atoms with van der Waals surface area (Å²) < 4.78 is 6.68. The van der Waals surface area contributed by atoms with Crippen molar-refractivity contribution in [3.05, 3.63) is 54.4 Å². The molecule has 25 heavy (non-hydrogen) atoms. The van der Waals surface area contributed by atoms with Gasteiger partial charge in [0.25, 0.3) is 5.91 Å². The summed E-state index contributed by atoms with van der Waals surface area (Å²) in [4.78, 5) is 21.3. The van der Waals surface area contributed by atoms with Crippen LogP contribution < -0.4 is 9.64 Å². The zero-order valence-electron chi connectivity index (χ0n) is 14.0. The molecule has 2 aromatic heterocycles. The number of hydrogen-bond donors (Lipinski definition) is 0. The quantitative estimate of drug-likeness (QED) is 0.728. The molecule has 0 saturated carbocycles. The maximum atomic E-state index is 12.7. The van der Waals surface area contributed by atoms with E-state index in [-0.39, 0.29) is 5.91 Å². The van der Waals surface area contributed by atoms with Crippen molar-refractivity contribution in [1.29, 1.82) is 0 Å². The van der Waals surface area contributed by atoms with E-state index in [2.05, 4.69) is 27.1 Å². The van der Waals surface area contributed by atoms with Crippen LogP contribution in [0.15, 0.2) is 48.7 Å². The number of aromatic nitrogens is 3. The van der Waals surface area contributed by atoms with E-state index in [9.17, 15) is 4.79 Å². The van der Waals surface area contributed by atoms with E-state index in [1.807, 2.05) is 23.1 Å². The Hall–Kier alpha value is -3.09. The number of methoxy groups -OCH3 is 1. The fourth-order valence-electron chi connectivity index (χ4n) is 3.04. The third-order valence-electron chi connectivity index (χ3n) is 4.41. The number of carbonyl (C=O) groups excluding carboxylic acids is 1. The van der Waals surface area contributed by atoms with E-state index < -0.39 is 0 Å². The summed E-state index contributed by atoms with van der Waals surface area (Å²) in [6.07, 6.45) is 1.66. The molecule has 0 radical (unpaired) electrons. The molecule has 4 rings (SSSR count). The molecule has 128 valence electrons. The van der Waals surface area contributed by atoms with E-state index in [1.54, 1.807) is 30.0 Å². The number of hydrogen-bond acceptors (Lipinski definition) is 5. The van der Waals surface area contributed by atoms with Crippen LogP contribution in [0.2, 0.25) is 0 Å². The second-order valence-corrected chi connectivity index (χ2v) is 5.92. The number of rotatable bonds is 3. The minimum absolute atomic E-state index is 0.0582. The second-order valence-electron chi connectivity index (χ2n) is 5.92. The lowest BCUT2D eigenvalue weighted by Gasteiger charge is -2.35. The largest absolute Gasteiger partial charge is 0.480 e. The van der Waals surface area contributed by atoms with Gasteiger partial charge >= 0.3 is 0 Å². The molecule has 0 unspecified atom stereocenters. The number of amides is 1. The predicted octanol–water partition coefficient (Wildman–Crippen LogP) is 1.70. The molecule has 0 atom stereocenters. The Morgan fingerprint density at radius 3 is 2.52 bits per heavy atom. The van der Waals surface area contributed by atoms with Crippen LogP contribution in [0.1, 0.15) is 10.5 Å². The Labute approximate surface area is 145 Å². The predicted molar refractivity (Wildman–Crippen MR) is 94.1 cm³/mol. The highest BCUT2D eigenvalue weighted by Gasteiger charge is 2.24. The summed E-state index contributed by atoms with van der Waals surface area (Å²) in [7, 11) is 1.56. The molecule has 3 aromatic rings. The number of anilines is 1. The topological polar surface area (TPSA) is 63.0 Å². The highest BCUT2D eigenvalue weighted by molar-refractivity contribution is 5.93. The van der Waals surface area contributed by atoms with Crippen molar-refractivity contribution in [3.63, 3.8) is 0 Å². The fourth-order valence-corrected chi connectivity index (χ4v) is 3.04. The van der Waals surface area contributed by atoms with Crippen molar-refractivity contribution in [2.24, 2.45) is 0 Å². The third kappa shape index (κ3) is 3.00. The summed E-state index contributed by atoms with van der Waals surface area (Å²) in [5.41, 5.74) is 2.24. The summed E-state index contributed by atoms with van der Waals surface area (Å²) >= 11 is 0. The standard InChI is InChI=1S/C18H19N5O2/c1-25-17-8-7-16-19-15(13-23(16)20-17)18(24)22-11-9-21(10-12-22)14-5-3-2-4-6-14/h2-8,13H,9-12H2,1H3. The number of para-hydroxylation sites is 1. The van der Waals surface area contributed by atoms with Crippen molar-refractivity contribution in [2.45, 2.75) is 0 Å². The molecule has 1 aliphatic rings. The van der Waals surface area contributed by atoms with Gasteiger partial charge in [0.1, 0.15) is 5.69 Å². The number of nitrogens with zero attached hydrogens (tertiary/aromatic N) is 5. The first-order chi connectivity index (χ1) is 12.2. The SMILES string of the molecule is COc1ccc2nc(C(=O)N3CCN(c4ccccc4)CC3)cn2n1. The van der Waals surface area contributed by atoms with Gasteiger partial charge in [-0.15, -0.1) is 5.10 Å². The van der Waals surface area contributed by atoms with Gasteiger partial charge < -0.3 is 14.5 Å². The number of imidazole rings is 1. The van der Waals surface area contributed by atoms with Gasteiger partial charge in [0.05, 0.1) is 13.3 Å². The van der Waals surface area contributed by atoms with Crippen molar-refractivity contribution < 1.29 is 9.53 Å². The molecule has 1 aromatic carbocycles. The van der Waals surface area contributed by atoms with E-state index in [1.165, 1.54) is 5.69 Å². The molecule has 1 aliphatic heterocycles. The summed E-state index contributed by atoms with van der Waals surface area (Å²) in [6.45, 7) is 2.99. The monoisotopic (exact) mass is 337 g/mol.